The third-order valence-corrected chi connectivity index (χ3v) is 3.37. The third-order valence-electron chi connectivity index (χ3n) is 1.76. The molecular formula is C10H11N2O3PS. The predicted molar refractivity (Wildman–Crippen MR) is 66.6 cm³/mol. The maximum Gasteiger partial charge on any atom is 0.287 e. The number of nitrogens with one attached hydrogen (secondary N) is 1. The highest BCUT2D eigenvalue weighted by atomic mass is 32.5. The molecule has 0 fully saturated rings. The summed E-state index contributed by atoms with van der Waals surface area (Å²) in [7, 11) is 0. The maximum absolute atomic E-state index is 11.6. The summed E-state index contributed by atoms with van der Waals surface area (Å²) >= 11 is 4.74. The van der Waals surface area contributed by atoms with Crippen molar-refractivity contribution in [2.24, 2.45) is 0 Å². The topological polar surface area (TPSA) is 82.3 Å². The maximum atomic E-state index is 11.6. The van der Waals surface area contributed by atoms with Gasteiger partial charge in [0.2, 0.25) is 0 Å². The van der Waals surface area contributed by atoms with Crippen molar-refractivity contribution < 1.29 is 14.2 Å². The van der Waals surface area contributed by atoms with Crippen LogP contribution in [0.2, 0.25) is 0 Å². The molecule has 0 aromatic heterocycles. The molecule has 7 heteroatoms. The lowest BCUT2D eigenvalue weighted by Crippen LogP contribution is -2.21. The number of rotatable bonds is 5. The van der Waals surface area contributed by atoms with E-state index in [1.54, 1.807) is 30.3 Å². The second-order valence-electron chi connectivity index (χ2n) is 3.07. The molecule has 1 aromatic rings. The van der Waals surface area contributed by atoms with Crippen molar-refractivity contribution in [1.29, 1.82) is 5.26 Å². The van der Waals surface area contributed by atoms with Crippen LogP contribution in [0.25, 0.3) is 0 Å². The summed E-state index contributed by atoms with van der Waals surface area (Å²) < 4.78 is 4.89. The Kier molecular flexibility index (Phi) is 5.26. The van der Waals surface area contributed by atoms with Crippen molar-refractivity contribution in [3.63, 3.8) is 0 Å². The number of nitrogens with zero attached hydrogens (tertiary/aromatic N) is 1. The molecule has 0 spiro atoms. The van der Waals surface area contributed by atoms with Crippen molar-refractivity contribution >= 4 is 24.4 Å². The van der Waals surface area contributed by atoms with Gasteiger partial charge >= 0.3 is 0 Å². The van der Waals surface area contributed by atoms with E-state index in [4.69, 9.17) is 21.6 Å². The first-order chi connectivity index (χ1) is 8.05. The van der Waals surface area contributed by atoms with Crippen molar-refractivity contribution in [1.82, 2.24) is 5.09 Å². The van der Waals surface area contributed by atoms with Gasteiger partial charge in [-0.2, -0.15) is 5.26 Å². The Balaban J connectivity index is 2.57. The largest absolute Gasteiger partial charge is 0.329 e. The van der Waals surface area contributed by atoms with Gasteiger partial charge < -0.3 is 9.42 Å². The average Bonchev–Trinajstić information content (AvgIpc) is 2.30. The van der Waals surface area contributed by atoms with E-state index in [-0.39, 0.29) is 13.0 Å². The van der Waals surface area contributed by atoms with E-state index in [1.807, 2.05) is 6.07 Å². The van der Waals surface area contributed by atoms with Crippen molar-refractivity contribution in [3.05, 3.63) is 35.9 Å². The molecule has 0 heterocycles. The molecule has 17 heavy (non-hydrogen) atoms. The zero-order valence-electron chi connectivity index (χ0n) is 8.87. The van der Waals surface area contributed by atoms with Gasteiger partial charge in [-0.3, -0.25) is 9.88 Å². The van der Waals surface area contributed by atoms with Crippen molar-refractivity contribution in [2.45, 2.75) is 6.42 Å². The molecule has 0 aliphatic heterocycles. The van der Waals surface area contributed by atoms with Crippen LogP contribution < -0.4 is 5.09 Å². The van der Waals surface area contributed by atoms with Crippen molar-refractivity contribution in [2.75, 3.05) is 6.61 Å². The first-order valence-corrected chi connectivity index (χ1v) is 7.44. The number of hydrogen-bond donors (Lipinski definition) is 2. The monoisotopic (exact) mass is 270 g/mol. The van der Waals surface area contributed by atoms with E-state index >= 15 is 0 Å². The molecule has 1 rings (SSSR count). The zero-order chi connectivity index (χ0) is 12.7. The van der Waals surface area contributed by atoms with E-state index in [0.717, 1.165) is 0 Å². The van der Waals surface area contributed by atoms with Gasteiger partial charge in [-0.05, 0) is 23.9 Å². The second kappa shape index (κ2) is 6.48. The molecule has 1 aromatic carbocycles. The predicted octanol–water partition coefficient (Wildman–Crippen LogP) is 1.56. The summed E-state index contributed by atoms with van der Waals surface area (Å²) in [6.07, 6.45) is 0.111. The molecule has 2 N–H and O–H groups in total. The highest BCUT2D eigenvalue weighted by molar-refractivity contribution is 8.08. The smallest absolute Gasteiger partial charge is 0.287 e. The van der Waals surface area contributed by atoms with Crippen LogP contribution in [0.4, 0.5) is 0 Å². The summed E-state index contributed by atoms with van der Waals surface area (Å²) in [5, 5.41) is 10.5. The molecule has 1 unspecified atom stereocenters. The Morgan fingerprint density at radius 3 is 2.76 bits per heavy atom. The number of amides is 1. The van der Waals surface area contributed by atoms with Crippen LogP contribution in [0, 0.1) is 11.3 Å². The number of hydrogen-bond acceptors (Lipinski definition) is 4. The molecule has 0 aliphatic rings. The van der Waals surface area contributed by atoms with Crippen LogP contribution in [0.5, 0.6) is 0 Å². The Morgan fingerprint density at radius 1 is 1.53 bits per heavy atom. The summed E-state index contributed by atoms with van der Waals surface area (Å²) in [5.74, 6) is -0.492. The van der Waals surface area contributed by atoms with E-state index in [1.165, 1.54) is 0 Å². The summed E-state index contributed by atoms with van der Waals surface area (Å²) in [6.45, 7) is -3.36. The second-order valence-corrected chi connectivity index (χ2v) is 6.08. The summed E-state index contributed by atoms with van der Waals surface area (Å²) in [6, 6.07) is 10.2. The molecule has 1 amide bonds. The molecule has 0 aliphatic carbocycles. The van der Waals surface area contributed by atoms with Crippen LogP contribution in [0.15, 0.2) is 30.3 Å². The standard InChI is InChI=1S/C10H11N2O3PS/c11-7-4-8-15-16(14,17)12-10(13)9-5-2-1-3-6-9/h1-3,5-6H,4,8H2,(H2,12,13,14,17). The molecule has 0 radical (unpaired) electrons. The molecule has 5 nitrogen and oxygen atoms in total. The molecular weight excluding hydrogens is 259 g/mol. The Morgan fingerprint density at radius 2 is 2.18 bits per heavy atom. The zero-order valence-corrected chi connectivity index (χ0v) is 10.6. The lowest BCUT2D eigenvalue weighted by atomic mass is 10.2. The van der Waals surface area contributed by atoms with Gasteiger partial charge in [0.1, 0.15) is 0 Å². The fourth-order valence-electron chi connectivity index (χ4n) is 1.03. The SMILES string of the molecule is N#CCCOP(O)(=S)NC(=O)c1ccccc1. The van der Waals surface area contributed by atoms with Gasteiger partial charge in [0.25, 0.3) is 12.5 Å². The van der Waals surface area contributed by atoms with Gasteiger partial charge in [0.05, 0.1) is 19.1 Å². The third kappa shape index (κ3) is 5.07. The van der Waals surface area contributed by atoms with E-state index in [9.17, 15) is 9.69 Å². The van der Waals surface area contributed by atoms with E-state index in [2.05, 4.69) is 5.09 Å². The van der Waals surface area contributed by atoms with Gasteiger partial charge in [0.15, 0.2) is 0 Å². The molecule has 0 bridgehead atoms. The highest BCUT2D eigenvalue weighted by Gasteiger charge is 2.18. The summed E-state index contributed by atoms with van der Waals surface area (Å²) in [4.78, 5) is 21.3. The van der Waals surface area contributed by atoms with Gasteiger partial charge in [-0.25, -0.2) is 0 Å². The average molecular weight is 270 g/mol. The number of nitriles is 1. The molecule has 90 valence electrons. The highest BCUT2D eigenvalue weighted by Crippen LogP contribution is 2.37. The number of carbonyl (C=O) groups is 1. The lowest BCUT2D eigenvalue weighted by Gasteiger charge is -2.15. The number of carbonyl (C=O) groups excluding carboxylic acids is 1. The quantitative estimate of drug-likeness (QED) is 0.626. The van der Waals surface area contributed by atoms with E-state index in [0.29, 0.717) is 5.56 Å². The first-order valence-electron chi connectivity index (χ1n) is 4.77. The molecule has 1 atom stereocenters. The van der Waals surface area contributed by atoms with Crippen LogP contribution in [-0.4, -0.2) is 17.4 Å². The fraction of sp³-hybridized carbons (Fsp3) is 0.200. The van der Waals surface area contributed by atoms with Gasteiger partial charge in [0, 0.05) is 5.56 Å². The Labute approximate surface area is 104 Å². The molecule has 0 saturated heterocycles. The van der Waals surface area contributed by atoms with Gasteiger partial charge in [-0.15, -0.1) is 0 Å². The van der Waals surface area contributed by atoms with E-state index < -0.39 is 12.5 Å². The summed E-state index contributed by atoms with van der Waals surface area (Å²) in [5.41, 5.74) is 0.389. The molecule has 0 saturated carbocycles. The van der Waals surface area contributed by atoms with Crippen LogP contribution in [0.3, 0.4) is 0 Å². The lowest BCUT2D eigenvalue weighted by molar-refractivity contribution is 0.0973. The minimum atomic E-state index is -3.36. The Hall–Kier alpha value is -1.25. The number of benzene rings is 1. The van der Waals surface area contributed by atoms with Gasteiger partial charge in [-0.1, -0.05) is 18.2 Å². The minimum Gasteiger partial charge on any atom is -0.329 e. The minimum absolute atomic E-state index is 0.000647. The normalized spacial score (nSPS) is 13.4. The fourth-order valence-corrected chi connectivity index (χ4v) is 2.29. The van der Waals surface area contributed by atoms with Crippen LogP contribution >= 0.6 is 6.64 Å². The van der Waals surface area contributed by atoms with Crippen molar-refractivity contribution in [3.8, 4) is 6.07 Å². The Bertz CT molecular complexity index is 472. The van der Waals surface area contributed by atoms with Crippen LogP contribution in [-0.2, 0) is 16.3 Å². The van der Waals surface area contributed by atoms with Crippen LogP contribution in [0.1, 0.15) is 16.8 Å². The first kappa shape index (κ1) is 13.8.